The molecule has 3 aromatic rings. The van der Waals surface area contributed by atoms with Gasteiger partial charge in [0, 0.05) is 18.7 Å². The van der Waals surface area contributed by atoms with Crippen molar-refractivity contribution in [2.24, 2.45) is 4.99 Å². The molecule has 5 nitrogen and oxygen atoms in total. The topological polar surface area (TPSA) is 69.7 Å². The number of aliphatic imine (C=N–C) groups is 1. The Bertz CT molecular complexity index is 716. The number of H-pyrrole nitrogens is 2. The molecule has 1 aliphatic heterocycles. The predicted molar refractivity (Wildman–Crippen MR) is 68.9 cm³/mol. The summed E-state index contributed by atoms with van der Waals surface area (Å²) in [4.78, 5) is 19.9. The fourth-order valence-corrected chi connectivity index (χ4v) is 2.32. The van der Waals surface area contributed by atoms with Crippen molar-refractivity contribution in [3.63, 3.8) is 0 Å². The van der Waals surface area contributed by atoms with Crippen LogP contribution in [0.5, 0.6) is 0 Å². The van der Waals surface area contributed by atoms with Crippen molar-refractivity contribution < 1.29 is 0 Å². The van der Waals surface area contributed by atoms with Crippen LogP contribution < -0.4 is 0 Å². The number of benzene rings is 1. The number of aromatic nitrogens is 4. The van der Waals surface area contributed by atoms with Crippen molar-refractivity contribution in [2.75, 3.05) is 6.54 Å². The van der Waals surface area contributed by atoms with Crippen molar-refractivity contribution in [2.45, 2.75) is 6.42 Å². The van der Waals surface area contributed by atoms with Crippen LogP contribution in [0.15, 0.2) is 35.6 Å². The quantitative estimate of drug-likeness (QED) is 0.676. The number of para-hydroxylation sites is 2. The largest absolute Gasteiger partial charge is 0.348 e. The molecule has 0 saturated heterocycles. The summed E-state index contributed by atoms with van der Waals surface area (Å²) < 4.78 is 0. The normalized spacial score (nSPS) is 14.6. The molecule has 1 aromatic carbocycles. The average Bonchev–Trinajstić information content (AvgIpc) is 3.04. The van der Waals surface area contributed by atoms with E-state index in [0.717, 1.165) is 46.9 Å². The second kappa shape index (κ2) is 3.53. The smallest absolute Gasteiger partial charge is 0.159 e. The molecular formula is C13H11N5. The highest BCUT2D eigenvalue weighted by atomic mass is 15.0. The number of hydrogen-bond acceptors (Lipinski definition) is 3. The Morgan fingerprint density at radius 3 is 3.06 bits per heavy atom. The number of fused-ring (bicyclic) bond motifs is 2. The zero-order valence-electron chi connectivity index (χ0n) is 9.64. The molecule has 0 spiro atoms. The van der Waals surface area contributed by atoms with Gasteiger partial charge in [0.15, 0.2) is 5.82 Å². The fraction of sp³-hybridized carbons (Fsp3) is 0.154. The van der Waals surface area contributed by atoms with Crippen LogP contribution >= 0.6 is 0 Å². The van der Waals surface area contributed by atoms with Crippen molar-refractivity contribution in [3.05, 3.63) is 47.8 Å². The van der Waals surface area contributed by atoms with Gasteiger partial charge in [0.05, 0.1) is 17.4 Å². The van der Waals surface area contributed by atoms with Crippen LogP contribution in [0.3, 0.4) is 0 Å². The Morgan fingerprint density at radius 1 is 1.17 bits per heavy atom. The highest BCUT2D eigenvalue weighted by molar-refractivity contribution is 6.11. The summed E-state index contributed by atoms with van der Waals surface area (Å²) in [6.07, 6.45) is 2.63. The molecule has 0 aliphatic carbocycles. The maximum atomic E-state index is 4.57. The highest BCUT2D eigenvalue weighted by Gasteiger charge is 2.20. The Kier molecular flexibility index (Phi) is 1.88. The molecule has 2 aromatic heterocycles. The van der Waals surface area contributed by atoms with E-state index in [9.17, 15) is 0 Å². The minimum atomic E-state index is 0.779. The van der Waals surface area contributed by atoms with E-state index in [1.807, 2.05) is 24.3 Å². The van der Waals surface area contributed by atoms with E-state index in [2.05, 4.69) is 24.9 Å². The summed E-state index contributed by atoms with van der Waals surface area (Å²) in [5.41, 5.74) is 4.89. The van der Waals surface area contributed by atoms with Crippen molar-refractivity contribution in [3.8, 4) is 0 Å². The summed E-state index contributed by atoms with van der Waals surface area (Å²) in [5.74, 6) is 0.796. The number of aromatic amines is 2. The molecule has 0 fully saturated rings. The van der Waals surface area contributed by atoms with Crippen LogP contribution in [-0.2, 0) is 6.42 Å². The van der Waals surface area contributed by atoms with Crippen molar-refractivity contribution in [1.82, 2.24) is 19.9 Å². The van der Waals surface area contributed by atoms with E-state index < -0.39 is 0 Å². The highest BCUT2D eigenvalue weighted by Crippen LogP contribution is 2.18. The van der Waals surface area contributed by atoms with Crippen LogP contribution in [0.25, 0.3) is 11.0 Å². The molecule has 0 saturated carbocycles. The second-order valence-electron chi connectivity index (χ2n) is 4.31. The maximum absolute atomic E-state index is 4.57. The minimum Gasteiger partial charge on any atom is -0.348 e. The molecule has 0 unspecified atom stereocenters. The summed E-state index contributed by atoms with van der Waals surface area (Å²) in [7, 11) is 0. The van der Waals surface area contributed by atoms with E-state index in [-0.39, 0.29) is 0 Å². The lowest BCUT2D eigenvalue weighted by molar-refractivity contribution is 0.907. The molecule has 0 atom stereocenters. The van der Waals surface area contributed by atoms with Gasteiger partial charge >= 0.3 is 0 Å². The fourth-order valence-electron chi connectivity index (χ4n) is 2.32. The third-order valence-electron chi connectivity index (χ3n) is 3.19. The summed E-state index contributed by atoms with van der Waals surface area (Å²) >= 11 is 0. The summed E-state index contributed by atoms with van der Waals surface area (Å²) in [6, 6.07) is 7.98. The van der Waals surface area contributed by atoms with Gasteiger partial charge in [-0.25, -0.2) is 9.97 Å². The SMILES string of the molecule is c1ccc2[nH]c(C3=NCCc4[nH]cnc43)nc2c1. The van der Waals surface area contributed by atoms with Gasteiger partial charge in [-0.3, -0.25) is 4.99 Å². The first-order chi connectivity index (χ1) is 8.92. The van der Waals surface area contributed by atoms with Crippen LogP contribution in [0.1, 0.15) is 17.2 Å². The molecule has 18 heavy (non-hydrogen) atoms. The van der Waals surface area contributed by atoms with Gasteiger partial charge in [0.2, 0.25) is 0 Å². The van der Waals surface area contributed by atoms with E-state index >= 15 is 0 Å². The van der Waals surface area contributed by atoms with Gasteiger partial charge in [-0.1, -0.05) is 12.1 Å². The lowest BCUT2D eigenvalue weighted by Crippen LogP contribution is -2.15. The predicted octanol–water partition coefficient (Wildman–Crippen LogP) is 1.68. The maximum Gasteiger partial charge on any atom is 0.159 e. The standard InChI is InChI=1S/C13H11N5/c1-2-4-9-8(3-1)17-13(18-9)12-11-10(5-6-14-12)15-7-16-11/h1-4,7H,5-6H2,(H,15,16)(H,17,18). The van der Waals surface area contributed by atoms with E-state index in [1.54, 1.807) is 6.33 Å². The molecule has 0 radical (unpaired) electrons. The molecular weight excluding hydrogens is 226 g/mol. The molecule has 0 amide bonds. The average molecular weight is 237 g/mol. The summed E-state index contributed by atoms with van der Waals surface area (Å²) in [6.45, 7) is 0.779. The first-order valence-electron chi connectivity index (χ1n) is 5.94. The number of nitrogens with zero attached hydrogens (tertiary/aromatic N) is 3. The lowest BCUT2D eigenvalue weighted by atomic mass is 10.1. The minimum absolute atomic E-state index is 0.779. The van der Waals surface area contributed by atoms with Crippen LogP contribution in [-0.4, -0.2) is 32.2 Å². The third-order valence-corrected chi connectivity index (χ3v) is 3.19. The van der Waals surface area contributed by atoms with Gasteiger partial charge in [-0.05, 0) is 12.1 Å². The first-order valence-corrected chi connectivity index (χ1v) is 5.94. The zero-order valence-corrected chi connectivity index (χ0v) is 9.64. The van der Waals surface area contributed by atoms with Crippen LogP contribution in [0, 0.1) is 0 Å². The Morgan fingerprint density at radius 2 is 2.11 bits per heavy atom. The molecule has 88 valence electrons. The van der Waals surface area contributed by atoms with Gasteiger partial charge in [0.25, 0.3) is 0 Å². The van der Waals surface area contributed by atoms with E-state index in [0.29, 0.717) is 0 Å². The Hall–Kier alpha value is -2.43. The van der Waals surface area contributed by atoms with Gasteiger partial charge in [-0.2, -0.15) is 0 Å². The van der Waals surface area contributed by atoms with Crippen LogP contribution in [0.2, 0.25) is 0 Å². The molecule has 1 aliphatic rings. The molecule has 5 heteroatoms. The van der Waals surface area contributed by atoms with Crippen molar-refractivity contribution >= 4 is 16.7 Å². The third kappa shape index (κ3) is 1.30. The number of imidazole rings is 2. The van der Waals surface area contributed by atoms with Gasteiger partial charge < -0.3 is 9.97 Å². The molecule has 3 heterocycles. The van der Waals surface area contributed by atoms with Crippen LogP contribution in [0.4, 0.5) is 0 Å². The number of rotatable bonds is 1. The molecule has 4 rings (SSSR count). The first kappa shape index (κ1) is 9.58. The van der Waals surface area contributed by atoms with E-state index in [4.69, 9.17) is 0 Å². The van der Waals surface area contributed by atoms with Crippen molar-refractivity contribution in [1.29, 1.82) is 0 Å². The lowest BCUT2D eigenvalue weighted by Gasteiger charge is -2.09. The van der Waals surface area contributed by atoms with Gasteiger partial charge in [-0.15, -0.1) is 0 Å². The monoisotopic (exact) mass is 237 g/mol. The molecule has 2 N–H and O–H groups in total. The summed E-state index contributed by atoms with van der Waals surface area (Å²) in [5, 5.41) is 0. The zero-order chi connectivity index (χ0) is 11.9. The number of nitrogens with one attached hydrogen (secondary N) is 2. The van der Waals surface area contributed by atoms with Gasteiger partial charge in [0.1, 0.15) is 11.4 Å². The molecule has 0 bridgehead atoms. The van der Waals surface area contributed by atoms with E-state index in [1.165, 1.54) is 0 Å². The number of hydrogen-bond donors (Lipinski definition) is 2. The Labute approximate surface area is 103 Å². The second-order valence-corrected chi connectivity index (χ2v) is 4.31. The Balaban J connectivity index is 1.90.